The highest BCUT2D eigenvalue weighted by atomic mass is 32.1. The van der Waals surface area contributed by atoms with E-state index < -0.39 is 0 Å². The molecule has 1 aromatic heterocycles. The number of carbonyl (C=O) groups is 2. The molecule has 8 heteroatoms. The standard InChI is InChI=1S/C19H30N4O3S/c1-14-17(27-13-21-14)19(25)22-9-5-16(6-10-22)23-8-3-4-15(12-23)18(24)20-7-11-26-2/h13,15-16H,3-12H2,1-2H3,(H,20,24)/t15-/m1/s1. The second-order valence-electron chi connectivity index (χ2n) is 7.41. The van der Waals surface area contributed by atoms with E-state index in [1.807, 2.05) is 11.8 Å². The summed E-state index contributed by atoms with van der Waals surface area (Å²) in [5.74, 6) is 0.322. The number of hydrogen-bond acceptors (Lipinski definition) is 6. The molecule has 2 aliphatic heterocycles. The molecular formula is C19H30N4O3S. The molecule has 1 aromatic rings. The van der Waals surface area contributed by atoms with Gasteiger partial charge in [0.25, 0.3) is 5.91 Å². The van der Waals surface area contributed by atoms with Crippen molar-refractivity contribution in [1.82, 2.24) is 20.1 Å². The summed E-state index contributed by atoms with van der Waals surface area (Å²) in [7, 11) is 1.64. The number of hydrogen-bond donors (Lipinski definition) is 1. The van der Waals surface area contributed by atoms with Crippen LogP contribution in [0, 0.1) is 12.8 Å². The van der Waals surface area contributed by atoms with Crippen LogP contribution >= 0.6 is 11.3 Å². The van der Waals surface area contributed by atoms with E-state index in [1.165, 1.54) is 11.3 Å². The number of likely N-dealkylation sites (tertiary alicyclic amines) is 2. The van der Waals surface area contributed by atoms with Crippen molar-refractivity contribution in [3.63, 3.8) is 0 Å². The second kappa shape index (κ2) is 9.61. The van der Waals surface area contributed by atoms with Gasteiger partial charge in [-0.3, -0.25) is 14.5 Å². The summed E-state index contributed by atoms with van der Waals surface area (Å²) in [6, 6.07) is 0.464. The number of aromatic nitrogens is 1. The third-order valence-corrected chi connectivity index (χ3v) is 6.55. The molecule has 2 saturated heterocycles. The molecule has 3 rings (SSSR count). The number of methoxy groups -OCH3 is 1. The van der Waals surface area contributed by atoms with Crippen molar-refractivity contribution >= 4 is 23.2 Å². The maximum Gasteiger partial charge on any atom is 0.265 e. The Morgan fingerprint density at radius 2 is 2.07 bits per heavy atom. The van der Waals surface area contributed by atoms with Gasteiger partial charge in [-0.15, -0.1) is 11.3 Å². The van der Waals surface area contributed by atoms with Crippen molar-refractivity contribution in [3.8, 4) is 0 Å². The molecule has 0 radical (unpaired) electrons. The van der Waals surface area contributed by atoms with E-state index in [0.717, 1.165) is 62.4 Å². The Labute approximate surface area is 165 Å². The van der Waals surface area contributed by atoms with E-state index >= 15 is 0 Å². The molecule has 0 bridgehead atoms. The highest BCUT2D eigenvalue weighted by Gasteiger charge is 2.33. The van der Waals surface area contributed by atoms with Crippen LogP contribution in [-0.2, 0) is 9.53 Å². The largest absolute Gasteiger partial charge is 0.383 e. The molecular weight excluding hydrogens is 364 g/mol. The Morgan fingerprint density at radius 1 is 1.30 bits per heavy atom. The predicted molar refractivity (Wildman–Crippen MR) is 105 cm³/mol. The van der Waals surface area contributed by atoms with Crippen molar-refractivity contribution in [3.05, 3.63) is 16.1 Å². The number of nitrogens with one attached hydrogen (secondary N) is 1. The first kappa shape index (κ1) is 20.2. The summed E-state index contributed by atoms with van der Waals surface area (Å²) in [6.07, 6.45) is 3.96. The van der Waals surface area contributed by atoms with Crippen LogP contribution in [0.3, 0.4) is 0 Å². The zero-order valence-corrected chi connectivity index (χ0v) is 17.1. The summed E-state index contributed by atoms with van der Waals surface area (Å²) in [6.45, 7) is 6.45. The molecule has 1 atom stereocenters. The third kappa shape index (κ3) is 5.06. The van der Waals surface area contributed by atoms with E-state index in [2.05, 4.69) is 15.2 Å². The first-order valence-electron chi connectivity index (χ1n) is 9.80. The van der Waals surface area contributed by atoms with E-state index in [0.29, 0.717) is 19.2 Å². The molecule has 3 heterocycles. The van der Waals surface area contributed by atoms with E-state index in [4.69, 9.17) is 4.74 Å². The zero-order valence-electron chi connectivity index (χ0n) is 16.3. The van der Waals surface area contributed by atoms with Gasteiger partial charge in [0, 0.05) is 39.3 Å². The van der Waals surface area contributed by atoms with Crippen molar-refractivity contribution in [1.29, 1.82) is 0 Å². The summed E-state index contributed by atoms with van der Waals surface area (Å²) >= 11 is 1.43. The molecule has 2 aliphatic rings. The van der Waals surface area contributed by atoms with Crippen LogP contribution < -0.4 is 5.32 Å². The van der Waals surface area contributed by atoms with E-state index in [1.54, 1.807) is 12.6 Å². The highest BCUT2D eigenvalue weighted by molar-refractivity contribution is 7.11. The SMILES string of the molecule is COCCNC(=O)[C@@H]1CCCN(C2CCN(C(=O)c3scnc3C)CC2)C1. The zero-order chi connectivity index (χ0) is 19.2. The lowest BCUT2D eigenvalue weighted by Crippen LogP contribution is -2.51. The normalized spacial score (nSPS) is 22.0. The molecule has 0 aromatic carbocycles. The van der Waals surface area contributed by atoms with Crippen LogP contribution in [0.1, 0.15) is 41.0 Å². The van der Waals surface area contributed by atoms with Crippen LogP contribution in [-0.4, -0.2) is 79.1 Å². The Balaban J connectivity index is 1.48. The number of thiazole rings is 1. The molecule has 0 aliphatic carbocycles. The van der Waals surface area contributed by atoms with Crippen molar-refractivity contribution in [2.75, 3.05) is 46.4 Å². The van der Waals surface area contributed by atoms with Gasteiger partial charge in [0.15, 0.2) is 0 Å². The van der Waals surface area contributed by atoms with Crippen LogP contribution in [0.4, 0.5) is 0 Å². The van der Waals surface area contributed by atoms with Gasteiger partial charge in [-0.1, -0.05) is 0 Å². The monoisotopic (exact) mass is 394 g/mol. The summed E-state index contributed by atoms with van der Waals surface area (Å²) in [5, 5.41) is 2.97. The van der Waals surface area contributed by atoms with Gasteiger partial charge >= 0.3 is 0 Å². The lowest BCUT2D eigenvalue weighted by atomic mass is 9.93. The van der Waals surface area contributed by atoms with Gasteiger partial charge in [-0.05, 0) is 39.2 Å². The van der Waals surface area contributed by atoms with Crippen molar-refractivity contribution in [2.24, 2.45) is 5.92 Å². The summed E-state index contributed by atoms with van der Waals surface area (Å²) in [4.78, 5) is 34.4. The number of aryl methyl sites for hydroxylation is 1. The molecule has 7 nitrogen and oxygen atoms in total. The molecule has 0 saturated carbocycles. The summed E-state index contributed by atoms with van der Waals surface area (Å²) < 4.78 is 5.00. The minimum atomic E-state index is 0.0649. The van der Waals surface area contributed by atoms with Crippen LogP contribution in [0.2, 0.25) is 0 Å². The number of ether oxygens (including phenoxy) is 1. The van der Waals surface area contributed by atoms with Gasteiger partial charge in [-0.2, -0.15) is 0 Å². The fourth-order valence-electron chi connectivity index (χ4n) is 4.06. The third-order valence-electron chi connectivity index (χ3n) is 5.64. The minimum absolute atomic E-state index is 0.0649. The fourth-order valence-corrected chi connectivity index (χ4v) is 4.83. The minimum Gasteiger partial charge on any atom is -0.383 e. The van der Waals surface area contributed by atoms with Gasteiger partial charge in [0.1, 0.15) is 4.88 Å². The quantitative estimate of drug-likeness (QED) is 0.741. The molecule has 27 heavy (non-hydrogen) atoms. The molecule has 0 unspecified atom stereocenters. The lowest BCUT2D eigenvalue weighted by Gasteiger charge is -2.42. The number of piperidine rings is 2. The Morgan fingerprint density at radius 3 is 2.74 bits per heavy atom. The second-order valence-corrected chi connectivity index (χ2v) is 8.26. The average molecular weight is 395 g/mol. The molecule has 1 N–H and O–H groups in total. The van der Waals surface area contributed by atoms with Gasteiger partial charge < -0.3 is 15.0 Å². The summed E-state index contributed by atoms with van der Waals surface area (Å²) in [5.41, 5.74) is 2.56. The van der Waals surface area contributed by atoms with Gasteiger partial charge in [0.2, 0.25) is 5.91 Å². The average Bonchev–Trinajstić information content (AvgIpc) is 3.13. The number of amides is 2. The Hall–Kier alpha value is -1.51. The lowest BCUT2D eigenvalue weighted by molar-refractivity contribution is -0.127. The molecule has 150 valence electrons. The molecule has 0 spiro atoms. The van der Waals surface area contributed by atoms with Gasteiger partial charge in [-0.25, -0.2) is 4.98 Å². The van der Waals surface area contributed by atoms with Crippen molar-refractivity contribution < 1.29 is 14.3 Å². The Bertz CT molecular complexity index is 643. The molecule has 2 fully saturated rings. The van der Waals surface area contributed by atoms with Crippen LogP contribution in [0.5, 0.6) is 0 Å². The van der Waals surface area contributed by atoms with E-state index in [9.17, 15) is 9.59 Å². The predicted octanol–water partition coefficient (Wildman–Crippen LogP) is 1.53. The first-order chi connectivity index (χ1) is 13.1. The van der Waals surface area contributed by atoms with Crippen molar-refractivity contribution in [2.45, 2.75) is 38.6 Å². The van der Waals surface area contributed by atoms with Crippen LogP contribution in [0.25, 0.3) is 0 Å². The first-order valence-corrected chi connectivity index (χ1v) is 10.7. The van der Waals surface area contributed by atoms with Crippen LogP contribution in [0.15, 0.2) is 5.51 Å². The Kier molecular flexibility index (Phi) is 7.20. The number of carbonyl (C=O) groups excluding carboxylic acids is 2. The molecule has 2 amide bonds. The smallest absolute Gasteiger partial charge is 0.265 e. The maximum absolute atomic E-state index is 12.7. The maximum atomic E-state index is 12.7. The number of nitrogens with zero attached hydrogens (tertiary/aromatic N) is 3. The van der Waals surface area contributed by atoms with Gasteiger partial charge in [0.05, 0.1) is 23.7 Å². The number of rotatable bonds is 6. The topological polar surface area (TPSA) is 74.8 Å². The fraction of sp³-hybridized carbons (Fsp3) is 0.737. The highest BCUT2D eigenvalue weighted by Crippen LogP contribution is 2.25. The van der Waals surface area contributed by atoms with E-state index in [-0.39, 0.29) is 17.7 Å².